The zero-order valence-corrected chi connectivity index (χ0v) is 8.23. The number of Topliss-reactive ketones (excluding diaryl/α,β-unsaturated/α-hetero) is 1. The number of halogens is 2. The molecule has 0 spiro atoms. The van der Waals surface area contributed by atoms with Crippen LogP contribution >= 0.6 is 23.2 Å². The fourth-order valence-corrected chi connectivity index (χ4v) is 1.40. The SMILES string of the molecule is CC(=O)c1cc(Cl)cc([N+]#N)c1Cl. The van der Waals surface area contributed by atoms with E-state index in [0.29, 0.717) is 5.02 Å². The number of hydrogen-bond donors (Lipinski definition) is 0. The van der Waals surface area contributed by atoms with Gasteiger partial charge >= 0.3 is 5.69 Å². The summed E-state index contributed by atoms with van der Waals surface area (Å²) in [7, 11) is 0. The van der Waals surface area contributed by atoms with Crippen LogP contribution in [-0.2, 0) is 0 Å². The Morgan fingerprint density at radius 2 is 2.08 bits per heavy atom. The number of benzene rings is 1. The van der Waals surface area contributed by atoms with Crippen LogP contribution in [0.25, 0.3) is 4.98 Å². The summed E-state index contributed by atoms with van der Waals surface area (Å²) in [5, 5.41) is 8.94. The molecule has 1 aromatic rings. The highest BCUT2D eigenvalue weighted by molar-refractivity contribution is 6.38. The van der Waals surface area contributed by atoms with E-state index >= 15 is 0 Å². The van der Waals surface area contributed by atoms with Crippen molar-refractivity contribution in [1.29, 1.82) is 5.39 Å². The molecule has 66 valence electrons. The van der Waals surface area contributed by atoms with Gasteiger partial charge in [0.25, 0.3) is 0 Å². The van der Waals surface area contributed by atoms with E-state index in [2.05, 4.69) is 4.98 Å². The molecule has 1 rings (SSSR count). The predicted octanol–water partition coefficient (Wildman–Crippen LogP) is 3.68. The van der Waals surface area contributed by atoms with Gasteiger partial charge in [-0.2, -0.15) is 0 Å². The van der Waals surface area contributed by atoms with Crippen molar-refractivity contribution in [3.63, 3.8) is 0 Å². The lowest BCUT2D eigenvalue weighted by Crippen LogP contribution is -1.92. The molecule has 5 heteroatoms. The van der Waals surface area contributed by atoms with Crippen LogP contribution < -0.4 is 0 Å². The van der Waals surface area contributed by atoms with Gasteiger partial charge in [0.05, 0.1) is 6.07 Å². The van der Waals surface area contributed by atoms with Gasteiger partial charge in [-0.05, 0) is 13.0 Å². The normalized spacial score (nSPS) is 9.38. The van der Waals surface area contributed by atoms with Crippen LogP contribution in [0.5, 0.6) is 0 Å². The van der Waals surface area contributed by atoms with Crippen LogP contribution in [-0.4, -0.2) is 5.78 Å². The molecule has 0 radical (unpaired) electrons. The number of carbonyl (C=O) groups is 1. The lowest BCUT2D eigenvalue weighted by molar-refractivity contribution is 0.101. The second-order valence-electron chi connectivity index (χ2n) is 2.44. The Balaban J connectivity index is 3.47. The molecule has 0 aliphatic heterocycles. The van der Waals surface area contributed by atoms with Gasteiger partial charge in [0.2, 0.25) is 5.39 Å². The first-order valence-corrected chi connectivity index (χ1v) is 4.17. The number of diazo groups is 1. The highest BCUT2D eigenvalue weighted by Crippen LogP contribution is 2.32. The van der Waals surface area contributed by atoms with E-state index in [1.807, 2.05) is 0 Å². The Morgan fingerprint density at radius 1 is 1.46 bits per heavy atom. The van der Waals surface area contributed by atoms with Crippen LogP contribution in [0.3, 0.4) is 0 Å². The van der Waals surface area contributed by atoms with Crippen molar-refractivity contribution in [1.82, 2.24) is 0 Å². The third-order valence-electron chi connectivity index (χ3n) is 1.51. The highest BCUT2D eigenvalue weighted by Gasteiger charge is 2.19. The fourth-order valence-electron chi connectivity index (χ4n) is 0.904. The Bertz CT molecular complexity index is 409. The first-order valence-electron chi connectivity index (χ1n) is 3.41. The van der Waals surface area contributed by atoms with Gasteiger partial charge in [0, 0.05) is 10.6 Å². The molecule has 0 bridgehead atoms. The molecule has 0 aliphatic carbocycles. The van der Waals surface area contributed by atoms with Crippen molar-refractivity contribution in [3.05, 3.63) is 32.7 Å². The molecule has 0 N–H and O–H groups in total. The molecule has 3 nitrogen and oxygen atoms in total. The van der Waals surface area contributed by atoms with Crippen LogP contribution in [0.4, 0.5) is 5.69 Å². The molecule has 0 aliphatic rings. The number of ketones is 1. The largest absolute Gasteiger partial charge is 0.405 e. The molecule has 0 saturated carbocycles. The van der Waals surface area contributed by atoms with E-state index in [-0.39, 0.29) is 22.1 Å². The van der Waals surface area contributed by atoms with E-state index in [4.69, 9.17) is 28.6 Å². The van der Waals surface area contributed by atoms with Gasteiger partial charge in [0.1, 0.15) is 5.02 Å². The van der Waals surface area contributed by atoms with E-state index in [9.17, 15) is 4.79 Å². The third kappa shape index (κ3) is 1.97. The van der Waals surface area contributed by atoms with Crippen LogP contribution in [0.2, 0.25) is 10.0 Å². The van der Waals surface area contributed by atoms with Gasteiger partial charge in [0.15, 0.2) is 10.8 Å². The minimum atomic E-state index is -0.225. The number of carbonyl (C=O) groups excluding carboxylic acids is 1. The van der Waals surface area contributed by atoms with Crippen LogP contribution in [0.1, 0.15) is 17.3 Å². The van der Waals surface area contributed by atoms with Crippen molar-refractivity contribution >= 4 is 34.7 Å². The van der Waals surface area contributed by atoms with Gasteiger partial charge < -0.3 is 0 Å². The van der Waals surface area contributed by atoms with Gasteiger partial charge in [-0.1, -0.05) is 23.2 Å². The Labute approximate surface area is 84.9 Å². The number of rotatable bonds is 1. The van der Waals surface area contributed by atoms with Crippen LogP contribution in [0.15, 0.2) is 12.1 Å². The van der Waals surface area contributed by atoms with E-state index in [1.165, 1.54) is 19.1 Å². The molecule has 0 aromatic heterocycles. The van der Waals surface area contributed by atoms with Crippen molar-refractivity contribution < 1.29 is 4.79 Å². The van der Waals surface area contributed by atoms with Crippen molar-refractivity contribution in [2.45, 2.75) is 6.92 Å². The summed E-state index contributed by atoms with van der Waals surface area (Å²) in [6, 6.07) is 2.80. The minimum absolute atomic E-state index is 0.0966. The lowest BCUT2D eigenvalue weighted by atomic mass is 10.1. The fraction of sp³-hybridized carbons (Fsp3) is 0.125. The summed E-state index contributed by atoms with van der Waals surface area (Å²) in [6.45, 7) is 1.36. The van der Waals surface area contributed by atoms with Gasteiger partial charge in [-0.25, -0.2) is 0 Å². The Morgan fingerprint density at radius 3 is 2.54 bits per heavy atom. The molecule has 0 fully saturated rings. The summed E-state index contributed by atoms with van der Waals surface area (Å²) < 4.78 is 0. The maximum atomic E-state index is 11.0. The Hall–Kier alpha value is -1.11. The number of hydrogen-bond acceptors (Lipinski definition) is 2. The van der Waals surface area contributed by atoms with Crippen LogP contribution in [0, 0.1) is 5.39 Å². The standard InChI is InChI=1S/C8H5Cl2N2O/c1-4(13)6-2-5(9)3-7(12-11)8(6)10/h2-3H,1H3/q+1. The molecular formula is C8H5Cl2N2O+. The summed E-state index contributed by atoms with van der Waals surface area (Å²) in [6.07, 6.45) is 0. The maximum Gasteiger partial charge on any atom is 0.405 e. The monoisotopic (exact) mass is 215 g/mol. The smallest absolute Gasteiger partial charge is 0.294 e. The topological polar surface area (TPSA) is 45.2 Å². The Kier molecular flexibility index (Phi) is 2.86. The second-order valence-corrected chi connectivity index (χ2v) is 3.26. The molecule has 0 heterocycles. The zero-order chi connectivity index (χ0) is 10.0. The van der Waals surface area contributed by atoms with Gasteiger partial charge in [-0.3, -0.25) is 4.79 Å². The molecule has 0 amide bonds. The lowest BCUT2D eigenvalue weighted by Gasteiger charge is -1.96. The molecule has 0 saturated heterocycles. The first kappa shape index (κ1) is 9.97. The molecule has 0 unspecified atom stereocenters. The van der Waals surface area contributed by atoms with Crippen molar-refractivity contribution in [2.75, 3.05) is 0 Å². The summed E-state index contributed by atoms with van der Waals surface area (Å²) in [5.41, 5.74) is 0.348. The zero-order valence-electron chi connectivity index (χ0n) is 6.71. The third-order valence-corrected chi connectivity index (χ3v) is 2.12. The average molecular weight is 216 g/mol. The molecular weight excluding hydrogens is 211 g/mol. The molecule has 0 atom stereocenters. The van der Waals surface area contributed by atoms with Gasteiger partial charge in [-0.15, -0.1) is 0 Å². The van der Waals surface area contributed by atoms with Crippen molar-refractivity contribution in [3.8, 4) is 0 Å². The summed E-state index contributed by atoms with van der Waals surface area (Å²) >= 11 is 11.4. The average Bonchev–Trinajstić information content (AvgIpc) is 2.08. The molecule has 1 aromatic carbocycles. The van der Waals surface area contributed by atoms with Crippen molar-refractivity contribution in [2.24, 2.45) is 0 Å². The maximum absolute atomic E-state index is 11.0. The molecule has 13 heavy (non-hydrogen) atoms. The summed E-state index contributed by atoms with van der Waals surface area (Å²) in [4.78, 5) is 13.9. The minimum Gasteiger partial charge on any atom is -0.294 e. The first-order chi connectivity index (χ1) is 6.06. The quantitative estimate of drug-likeness (QED) is 0.530. The highest BCUT2D eigenvalue weighted by atomic mass is 35.5. The van der Waals surface area contributed by atoms with E-state index < -0.39 is 0 Å². The summed E-state index contributed by atoms with van der Waals surface area (Å²) in [5.74, 6) is -0.225. The number of nitrogens with zero attached hydrogens (tertiary/aromatic N) is 2. The second kappa shape index (κ2) is 3.73. The van der Waals surface area contributed by atoms with E-state index in [0.717, 1.165) is 0 Å². The van der Waals surface area contributed by atoms with E-state index in [1.54, 1.807) is 0 Å². The predicted molar refractivity (Wildman–Crippen MR) is 51.2 cm³/mol.